The largest absolute Gasteiger partial charge is 0.387 e. The zero-order valence-electron chi connectivity index (χ0n) is 8.84. The first kappa shape index (κ1) is 11.1. The lowest BCUT2D eigenvalue weighted by Crippen LogP contribution is -2.08. The van der Waals surface area contributed by atoms with E-state index in [1.54, 1.807) is 24.9 Å². The molecule has 2 atom stereocenters. The second-order valence-corrected chi connectivity index (χ2v) is 3.43. The first-order valence-electron chi connectivity index (χ1n) is 4.74. The maximum atomic E-state index is 9.25. The normalized spacial score (nSPS) is 15.4. The Kier molecular flexibility index (Phi) is 4.03. The molecule has 0 aliphatic rings. The van der Waals surface area contributed by atoms with Gasteiger partial charge in [0.05, 0.1) is 18.3 Å². The Morgan fingerprint density at radius 2 is 2.29 bits per heavy atom. The fraction of sp³-hybridized carbons (Fsp3) is 0.778. The van der Waals surface area contributed by atoms with Crippen molar-refractivity contribution >= 4 is 0 Å². The third-order valence-electron chi connectivity index (χ3n) is 2.15. The Morgan fingerprint density at radius 3 is 2.79 bits per heavy atom. The van der Waals surface area contributed by atoms with Crippen LogP contribution in [0.3, 0.4) is 0 Å². The van der Waals surface area contributed by atoms with Gasteiger partial charge in [-0.05, 0) is 20.3 Å². The summed E-state index contributed by atoms with van der Waals surface area (Å²) in [6.45, 7) is 4.42. The van der Waals surface area contributed by atoms with E-state index in [1.807, 2.05) is 6.92 Å². The Labute approximate surface area is 83.7 Å². The van der Waals surface area contributed by atoms with Crippen molar-refractivity contribution in [3.63, 3.8) is 0 Å². The molecule has 0 aromatic carbocycles. The number of ether oxygens (including phenoxy) is 1. The van der Waals surface area contributed by atoms with Gasteiger partial charge in [-0.25, -0.2) is 4.68 Å². The van der Waals surface area contributed by atoms with E-state index in [0.717, 1.165) is 6.42 Å². The highest BCUT2D eigenvalue weighted by Crippen LogP contribution is 2.12. The summed E-state index contributed by atoms with van der Waals surface area (Å²) in [5.74, 6) is 0. The molecule has 14 heavy (non-hydrogen) atoms. The van der Waals surface area contributed by atoms with Gasteiger partial charge in [0.25, 0.3) is 0 Å². The van der Waals surface area contributed by atoms with Crippen molar-refractivity contribution in [1.29, 1.82) is 0 Å². The zero-order chi connectivity index (χ0) is 10.6. The fourth-order valence-electron chi connectivity index (χ4n) is 1.12. The molecule has 0 amide bonds. The predicted octanol–water partition coefficient (Wildman–Crippen LogP) is 0.929. The summed E-state index contributed by atoms with van der Waals surface area (Å²) < 4.78 is 6.73. The molecule has 0 radical (unpaired) electrons. The smallest absolute Gasteiger partial charge is 0.111 e. The van der Waals surface area contributed by atoms with Crippen molar-refractivity contribution in [3.8, 4) is 0 Å². The molecule has 0 saturated heterocycles. The number of hydrogen-bond donors (Lipinski definition) is 1. The van der Waals surface area contributed by atoms with Gasteiger partial charge in [-0.2, -0.15) is 0 Å². The van der Waals surface area contributed by atoms with Gasteiger partial charge in [-0.15, -0.1) is 5.10 Å². The Morgan fingerprint density at radius 1 is 1.57 bits per heavy atom. The van der Waals surface area contributed by atoms with E-state index in [-0.39, 0.29) is 6.04 Å². The molecule has 0 aliphatic heterocycles. The van der Waals surface area contributed by atoms with Crippen LogP contribution >= 0.6 is 0 Å². The number of methoxy groups -OCH3 is 1. The Hall–Kier alpha value is -0.940. The molecular weight excluding hydrogens is 182 g/mol. The van der Waals surface area contributed by atoms with E-state index < -0.39 is 6.10 Å². The molecular formula is C9H17N3O2. The molecule has 1 heterocycles. The van der Waals surface area contributed by atoms with Crippen LogP contribution in [0.4, 0.5) is 0 Å². The van der Waals surface area contributed by atoms with E-state index in [9.17, 15) is 5.11 Å². The van der Waals surface area contributed by atoms with Gasteiger partial charge in [-0.3, -0.25) is 0 Å². The number of rotatable bonds is 5. The van der Waals surface area contributed by atoms with Crippen LogP contribution in [0.5, 0.6) is 0 Å². The first-order valence-corrected chi connectivity index (χ1v) is 4.74. The highest BCUT2D eigenvalue weighted by molar-refractivity contribution is 4.96. The summed E-state index contributed by atoms with van der Waals surface area (Å²) in [4.78, 5) is 0. The van der Waals surface area contributed by atoms with E-state index in [0.29, 0.717) is 12.3 Å². The van der Waals surface area contributed by atoms with Gasteiger partial charge in [0.1, 0.15) is 5.69 Å². The van der Waals surface area contributed by atoms with Gasteiger partial charge >= 0.3 is 0 Å². The third-order valence-corrected chi connectivity index (χ3v) is 2.15. The van der Waals surface area contributed by atoms with Crippen molar-refractivity contribution in [2.75, 3.05) is 13.7 Å². The van der Waals surface area contributed by atoms with Crippen molar-refractivity contribution in [1.82, 2.24) is 15.0 Å². The zero-order valence-corrected chi connectivity index (χ0v) is 8.84. The van der Waals surface area contributed by atoms with E-state index in [1.165, 1.54) is 0 Å². The highest BCUT2D eigenvalue weighted by Gasteiger charge is 2.10. The molecule has 1 N–H and O–H groups in total. The van der Waals surface area contributed by atoms with E-state index >= 15 is 0 Å². The number of hydrogen-bond acceptors (Lipinski definition) is 4. The molecule has 0 aliphatic carbocycles. The molecule has 1 aromatic heterocycles. The van der Waals surface area contributed by atoms with Crippen LogP contribution in [0, 0.1) is 0 Å². The maximum absolute atomic E-state index is 9.25. The van der Waals surface area contributed by atoms with Crippen LogP contribution in [-0.2, 0) is 4.74 Å². The SMILES string of the molecule is COCCC(C)n1cc(C(C)O)nn1. The van der Waals surface area contributed by atoms with Crippen LogP contribution < -0.4 is 0 Å². The lowest BCUT2D eigenvalue weighted by atomic mass is 10.2. The van der Waals surface area contributed by atoms with Crippen LogP contribution in [-0.4, -0.2) is 33.8 Å². The topological polar surface area (TPSA) is 60.2 Å². The molecule has 5 nitrogen and oxygen atoms in total. The molecule has 1 rings (SSSR count). The molecule has 2 unspecified atom stereocenters. The summed E-state index contributed by atoms with van der Waals surface area (Å²) >= 11 is 0. The first-order chi connectivity index (χ1) is 6.65. The van der Waals surface area contributed by atoms with Crippen molar-refractivity contribution in [3.05, 3.63) is 11.9 Å². The van der Waals surface area contributed by atoms with Gasteiger partial charge in [0.2, 0.25) is 0 Å². The number of nitrogens with zero attached hydrogens (tertiary/aromatic N) is 3. The highest BCUT2D eigenvalue weighted by atomic mass is 16.5. The second-order valence-electron chi connectivity index (χ2n) is 3.43. The quantitative estimate of drug-likeness (QED) is 0.766. The lowest BCUT2D eigenvalue weighted by molar-refractivity contribution is 0.178. The van der Waals surface area contributed by atoms with Gasteiger partial charge < -0.3 is 9.84 Å². The third kappa shape index (κ3) is 2.78. The minimum absolute atomic E-state index is 0.245. The Balaban J connectivity index is 2.57. The van der Waals surface area contributed by atoms with Gasteiger partial charge in [-0.1, -0.05) is 5.21 Å². The maximum Gasteiger partial charge on any atom is 0.111 e. The van der Waals surface area contributed by atoms with Crippen LogP contribution in [0.25, 0.3) is 0 Å². The standard InChI is InChI=1S/C9H17N3O2/c1-7(4-5-14-3)12-6-9(8(2)13)10-11-12/h6-8,13H,4-5H2,1-3H3. The van der Waals surface area contributed by atoms with Crippen LogP contribution in [0.1, 0.15) is 38.1 Å². The van der Waals surface area contributed by atoms with Crippen molar-refractivity contribution in [2.45, 2.75) is 32.4 Å². The van der Waals surface area contributed by atoms with Gasteiger partial charge in [0.15, 0.2) is 0 Å². The number of aliphatic hydroxyl groups excluding tert-OH is 1. The molecule has 0 spiro atoms. The Bertz CT molecular complexity index is 273. The molecule has 0 fully saturated rings. The van der Waals surface area contributed by atoms with Crippen LogP contribution in [0.2, 0.25) is 0 Å². The minimum atomic E-state index is -0.557. The van der Waals surface area contributed by atoms with Crippen molar-refractivity contribution < 1.29 is 9.84 Å². The summed E-state index contributed by atoms with van der Waals surface area (Å²) in [5, 5.41) is 17.1. The average molecular weight is 199 g/mol. The van der Waals surface area contributed by atoms with E-state index in [4.69, 9.17) is 4.74 Å². The average Bonchev–Trinajstić information content (AvgIpc) is 2.62. The predicted molar refractivity (Wildman–Crippen MR) is 51.9 cm³/mol. The molecule has 0 saturated carbocycles. The summed E-state index contributed by atoms with van der Waals surface area (Å²) in [6, 6.07) is 0.245. The monoisotopic (exact) mass is 199 g/mol. The van der Waals surface area contributed by atoms with E-state index in [2.05, 4.69) is 10.3 Å². The summed E-state index contributed by atoms with van der Waals surface area (Å²) in [5.41, 5.74) is 0.606. The van der Waals surface area contributed by atoms with Gasteiger partial charge in [0, 0.05) is 13.7 Å². The molecule has 80 valence electrons. The lowest BCUT2D eigenvalue weighted by Gasteiger charge is -2.09. The molecule has 0 bridgehead atoms. The minimum Gasteiger partial charge on any atom is -0.387 e. The van der Waals surface area contributed by atoms with Crippen molar-refractivity contribution in [2.24, 2.45) is 0 Å². The van der Waals surface area contributed by atoms with Crippen LogP contribution in [0.15, 0.2) is 6.20 Å². The fourth-order valence-corrected chi connectivity index (χ4v) is 1.12. The molecule has 5 heteroatoms. The number of aromatic nitrogens is 3. The summed E-state index contributed by atoms with van der Waals surface area (Å²) in [6.07, 6.45) is 2.10. The summed E-state index contributed by atoms with van der Waals surface area (Å²) in [7, 11) is 1.68. The number of aliphatic hydroxyl groups is 1. The second kappa shape index (κ2) is 5.07. The molecule has 1 aromatic rings.